The molecular formula is C20H26O5. The molecule has 0 unspecified atom stereocenters. The van der Waals surface area contributed by atoms with Gasteiger partial charge >= 0.3 is 11.9 Å². The zero-order chi connectivity index (χ0) is 18.7. The first-order valence-corrected chi connectivity index (χ1v) is 8.49. The third-order valence-corrected chi connectivity index (χ3v) is 4.66. The van der Waals surface area contributed by atoms with Crippen LogP contribution in [0.15, 0.2) is 47.1 Å². The van der Waals surface area contributed by atoms with Crippen LogP contribution in [0.2, 0.25) is 0 Å². The zero-order valence-corrected chi connectivity index (χ0v) is 15.2. The molecule has 0 radical (unpaired) electrons. The average molecular weight is 346 g/mol. The summed E-state index contributed by atoms with van der Waals surface area (Å²) >= 11 is 0. The second kappa shape index (κ2) is 7.83. The Kier molecular flexibility index (Phi) is 6.01. The Hall–Kier alpha value is -2.14. The maximum Gasteiger partial charge on any atom is 0.334 e. The van der Waals surface area contributed by atoms with Crippen LogP contribution in [0, 0.1) is 5.92 Å². The van der Waals surface area contributed by atoms with Gasteiger partial charge in [-0.3, -0.25) is 0 Å². The van der Waals surface area contributed by atoms with Gasteiger partial charge in [-0.15, -0.1) is 0 Å². The number of ether oxygens (including phenoxy) is 2. The monoisotopic (exact) mass is 346 g/mol. The summed E-state index contributed by atoms with van der Waals surface area (Å²) in [5, 5.41) is 10.2. The minimum atomic E-state index is -0.623. The second-order valence-electron chi connectivity index (χ2n) is 6.84. The lowest BCUT2D eigenvalue weighted by Gasteiger charge is -2.28. The van der Waals surface area contributed by atoms with Crippen molar-refractivity contribution >= 4 is 11.9 Å². The van der Waals surface area contributed by atoms with Gasteiger partial charge in [0.1, 0.15) is 12.2 Å². The van der Waals surface area contributed by atoms with Gasteiger partial charge in [0, 0.05) is 17.6 Å². The molecule has 136 valence electrons. The Morgan fingerprint density at radius 2 is 1.96 bits per heavy atom. The molecular weight excluding hydrogens is 320 g/mol. The molecule has 25 heavy (non-hydrogen) atoms. The maximum absolute atomic E-state index is 12.3. The van der Waals surface area contributed by atoms with Gasteiger partial charge in [-0.1, -0.05) is 29.9 Å². The van der Waals surface area contributed by atoms with Crippen molar-refractivity contribution in [3.8, 4) is 0 Å². The van der Waals surface area contributed by atoms with Crippen molar-refractivity contribution in [1.29, 1.82) is 0 Å². The summed E-state index contributed by atoms with van der Waals surface area (Å²) in [6.07, 6.45) is 4.39. The largest absolute Gasteiger partial charge is 0.458 e. The molecule has 0 aromatic rings. The molecule has 0 aromatic heterocycles. The Labute approximate surface area is 148 Å². The molecule has 0 aromatic carbocycles. The molecule has 0 amide bonds. The second-order valence-corrected chi connectivity index (χ2v) is 6.84. The highest BCUT2D eigenvalue weighted by Gasteiger charge is 2.44. The number of hydrogen-bond donors (Lipinski definition) is 1. The Morgan fingerprint density at radius 1 is 1.32 bits per heavy atom. The Bertz CT molecular complexity index is 668. The molecule has 4 atom stereocenters. The number of esters is 2. The summed E-state index contributed by atoms with van der Waals surface area (Å²) in [5.41, 5.74) is 2.62. The van der Waals surface area contributed by atoms with Crippen molar-refractivity contribution < 1.29 is 24.2 Å². The van der Waals surface area contributed by atoms with E-state index in [0.29, 0.717) is 24.0 Å². The van der Waals surface area contributed by atoms with E-state index < -0.39 is 36.2 Å². The predicted molar refractivity (Wildman–Crippen MR) is 94.6 cm³/mol. The van der Waals surface area contributed by atoms with E-state index in [1.165, 1.54) is 0 Å². The number of allylic oxidation sites excluding steroid dienone is 1. The summed E-state index contributed by atoms with van der Waals surface area (Å²) in [6, 6.07) is 0. The van der Waals surface area contributed by atoms with Crippen LogP contribution in [0.25, 0.3) is 0 Å². The fourth-order valence-corrected chi connectivity index (χ4v) is 3.22. The first-order chi connectivity index (χ1) is 11.7. The number of aliphatic hydroxyl groups is 1. The fraction of sp³-hybridized carbons (Fsp3) is 0.500. The van der Waals surface area contributed by atoms with Crippen LogP contribution in [0.4, 0.5) is 0 Å². The van der Waals surface area contributed by atoms with Crippen molar-refractivity contribution in [2.24, 2.45) is 5.92 Å². The summed E-state index contributed by atoms with van der Waals surface area (Å²) in [7, 11) is 0. The molecule has 1 N–H and O–H groups in total. The van der Waals surface area contributed by atoms with Crippen LogP contribution in [-0.2, 0) is 19.1 Å². The summed E-state index contributed by atoms with van der Waals surface area (Å²) < 4.78 is 11.1. The van der Waals surface area contributed by atoms with Crippen molar-refractivity contribution in [2.45, 2.75) is 58.8 Å². The van der Waals surface area contributed by atoms with E-state index in [1.807, 2.05) is 19.9 Å². The van der Waals surface area contributed by atoms with E-state index in [0.717, 1.165) is 11.1 Å². The average Bonchev–Trinajstić information content (AvgIpc) is 2.78. The highest BCUT2D eigenvalue weighted by atomic mass is 16.6. The summed E-state index contributed by atoms with van der Waals surface area (Å²) in [4.78, 5) is 24.3. The molecule has 0 spiro atoms. The lowest BCUT2D eigenvalue weighted by atomic mass is 9.85. The van der Waals surface area contributed by atoms with Gasteiger partial charge in [-0.05, 0) is 40.2 Å². The van der Waals surface area contributed by atoms with E-state index in [-0.39, 0.29) is 0 Å². The van der Waals surface area contributed by atoms with Gasteiger partial charge in [0.2, 0.25) is 0 Å². The zero-order valence-electron chi connectivity index (χ0n) is 15.2. The SMILES string of the molecule is C=C1C(=O)O[C@@H]2/C=C(\C)C[C@H](O)C=C(C)C[C@@H](OC(=O)/C(C)=C\C)[C@@H]12. The van der Waals surface area contributed by atoms with Crippen LogP contribution in [-0.4, -0.2) is 35.4 Å². The van der Waals surface area contributed by atoms with E-state index in [2.05, 4.69) is 6.58 Å². The quantitative estimate of drug-likeness (QED) is 0.473. The van der Waals surface area contributed by atoms with Crippen LogP contribution < -0.4 is 0 Å². The van der Waals surface area contributed by atoms with Crippen LogP contribution in [0.3, 0.4) is 0 Å². The van der Waals surface area contributed by atoms with Crippen LogP contribution >= 0.6 is 0 Å². The highest BCUT2D eigenvalue weighted by molar-refractivity contribution is 5.92. The van der Waals surface area contributed by atoms with Gasteiger partial charge in [0.15, 0.2) is 0 Å². The minimum Gasteiger partial charge on any atom is -0.458 e. The predicted octanol–water partition coefficient (Wildman–Crippen LogP) is 3.01. The summed E-state index contributed by atoms with van der Waals surface area (Å²) in [5.74, 6) is -1.33. The van der Waals surface area contributed by atoms with Crippen molar-refractivity contribution in [3.63, 3.8) is 0 Å². The molecule has 2 aliphatic rings. The van der Waals surface area contributed by atoms with E-state index in [9.17, 15) is 14.7 Å². The van der Waals surface area contributed by atoms with Crippen molar-refractivity contribution in [2.75, 3.05) is 0 Å². The summed E-state index contributed by atoms with van der Waals surface area (Å²) in [6.45, 7) is 11.1. The Balaban J connectivity index is 2.42. The standard InChI is InChI=1S/C20H26O5/c1-6-13(4)19(22)24-16-9-11(2)7-15(21)8-12(3)10-17-18(16)14(5)20(23)25-17/h6-7,10,15-18,21H,5,8-9H2,1-4H3/b11-7?,12-10+,13-6-/t15-,16-,17-,18-/m1/s1. The molecule has 5 heteroatoms. The molecule has 1 aliphatic heterocycles. The first kappa shape index (κ1) is 19.2. The molecule has 0 bridgehead atoms. The fourth-order valence-electron chi connectivity index (χ4n) is 3.22. The van der Waals surface area contributed by atoms with Gasteiger partial charge in [0.05, 0.1) is 12.0 Å². The Morgan fingerprint density at radius 3 is 2.60 bits per heavy atom. The lowest BCUT2D eigenvalue weighted by Crippen LogP contribution is -2.34. The molecule has 1 aliphatic carbocycles. The highest BCUT2D eigenvalue weighted by Crippen LogP contribution is 2.36. The van der Waals surface area contributed by atoms with Gasteiger partial charge in [-0.25, -0.2) is 9.59 Å². The van der Waals surface area contributed by atoms with Gasteiger partial charge in [0.25, 0.3) is 0 Å². The third-order valence-electron chi connectivity index (χ3n) is 4.66. The molecule has 2 rings (SSSR count). The van der Waals surface area contributed by atoms with Crippen LogP contribution in [0.1, 0.15) is 40.5 Å². The van der Waals surface area contributed by atoms with Crippen molar-refractivity contribution in [1.82, 2.24) is 0 Å². The van der Waals surface area contributed by atoms with E-state index in [1.54, 1.807) is 26.0 Å². The molecule has 1 fully saturated rings. The third kappa shape index (κ3) is 4.48. The smallest absolute Gasteiger partial charge is 0.334 e. The molecule has 1 heterocycles. The topological polar surface area (TPSA) is 72.8 Å². The maximum atomic E-state index is 12.3. The number of carbonyl (C=O) groups is 2. The number of carbonyl (C=O) groups excluding carboxylic acids is 2. The number of hydrogen-bond acceptors (Lipinski definition) is 5. The molecule has 5 nitrogen and oxygen atoms in total. The van der Waals surface area contributed by atoms with E-state index >= 15 is 0 Å². The lowest BCUT2D eigenvalue weighted by molar-refractivity contribution is -0.147. The van der Waals surface area contributed by atoms with E-state index in [4.69, 9.17) is 9.47 Å². The number of fused-ring (bicyclic) bond motifs is 1. The van der Waals surface area contributed by atoms with Gasteiger partial charge in [-0.2, -0.15) is 0 Å². The van der Waals surface area contributed by atoms with Gasteiger partial charge < -0.3 is 14.6 Å². The first-order valence-electron chi connectivity index (χ1n) is 8.49. The van der Waals surface area contributed by atoms with Crippen molar-refractivity contribution in [3.05, 3.63) is 47.1 Å². The number of rotatable bonds is 2. The van der Waals surface area contributed by atoms with Crippen LogP contribution in [0.5, 0.6) is 0 Å². The molecule has 0 saturated carbocycles. The number of aliphatic hydroxyl groups excluding tert-OH is 1. The minimum absolute atomic E-state index is 0.318. The molecule has 1 saturated heterocycles. The normalized spacial score (nSPS) is 32.9.